The molecule has 1 heteroatoms. The number of hydrogen-bond acceptors (Lipinski definition) is 1. The molecule has 0 unspecified atom stereocenters. The average molecular weight is 161 g/mol. The highest BCUT2D eigenvalue weighted by Crippen LogP contribution is 2.05. The summed E-state index contributed by atoms with van der Waals surface area (Å²) < 4.78 is 0. The maximum Gasteiger partial charge on any atom is -0.00367 e. The quantitative estimate of drug-likeness (QED) is 0.722. The molecular weight excluding hydrogens is 146 g/mol. The number of hydrogen-bond donors (Lipinski definition) is 1. The maximum atomic E-state index is 5.44. The van der Waals surface area contributed by atoms with E-state index in [-0.39, 0.29) is 0 Å². The summed E-state index contributed by atoms with van der Waals surface area (Å²) in [6, 6.07) is 8.49. The van der Waals surface area contributed by atoms with Crippen molar-refractivity contribution in [1.29, 1.82) is 0 Å². The van der Waals surface area contributed by atoms with Gasteiger partial charge < -0.3 is 5.73 Å². The van der Waals surface area contributed by atoms with Crippen molar-refractivity contribution in [2.45, 2.75) is 13.3 Å². The maximum absolute atomic E-state index is 5.44. The molecule has 0 aliphatic carbocycles. The molecule has 1 rings (SSSR count). The van der Waals surface area contributed by atoms with Gasteiger partial charge in [0.25, 0.3) is 0 Å². The number of nitrogens with two attached hydrogens (primary N) is 1. The zero-order chi connectivity index (χ0) is 8.81. The Bertz CT molecular complexity index is 246. The Morgan fingerprint density at radius 3 is 2.42 bits per heavy atom. The van der Waals surface area contributed by atoms with Crippen molar-refractivity contribution in [3.63, 3.8) is 0 Å². The minimum absolute atomic E-state index is 0.725. The summed E-state index contributed by atoms with van der Waals surface area (Å²) in [4.78, 5) is 0. The molecular formula is C11H15N. The van der Waals surface area contributed by atoms with E-state index in [4.69, 9.17) is 5.73 Å². The highest BCUT2D eigenvalue weighted by atomic mass is 14.5. The monoisotopic (exact) mass is 161 g/mol. The minimum Gasteiger partial charge on any atom is -0.330 e. The zero-order valence-electron chi connectivity index (χ0n) is 7.46. The molecule has 2 N–H and O–H groups in total. The fraction of sp³-hybridized carbons (Fsp3) is 0.273. The molecule has 0 heterocycles. The van der Waals surface area contributed by atoms with Crippen LogP contribution in [0.4, 0.5) is 0 Å². The molecule has 0 aromatic heterocycles. The molecule has 1 aromatic carbocycles. The minimum atomic E-state index is 0.725. The van der Waals surface area contributed by atoms with E-state index in [0.717, 1.165) is 13.0 Å². The molecule has 1 nitrogen and oxygen atoms in total. The Morgan fingerprint density at radius 1 is 1.25 bits per heavy atom. The van der Waals surface area contributed by atoms with Crippen molar-refractivity contribution in [2.75, 3.05) is 6.54 Å². The fourth-order valence-corrected chi connectivity index (χ4v) is 1.15. The van der Waals surface area contributed by atoms with Crippen molar-refractivity contribution >= 4 is 6.08 Å². The van der Waals surface area contributed by atoms with E-state index in [2.05, 4.69) is 30.3 Å². The Balaban J connectivity index is 2.71. The van der Waals surface area contributed by atoms with Crippen LogP contribution < -0.4 is 5.73 Å². The van der Waals surface area contributed by atoms with Crippen LogP contribution in [0.5, 0.6) is 0 Å². The molecule has 0 radical (unpaired) electrons. The second-order valence-corrected chi connectivity index (χ2v) is 2.78. The summed E-state index contributed by atoms with van der Waals surface area (Å²) in [6.45, 7) is 2.75. The summed E-state index contributed by atoms with van der Waals surface area (Å²) in [5.74, 6) is 0. The van der Waals surface area contributed by atoms with Crippen LogP contribution in [-0.2, 0) is 6.42 Å². The second kappa shape index (κ2) is 4.73. The topological polar surface area (TPSA) is 26.0 Å². The molecule has 0 amide bonds. The van der Waals surface area contributed by atoms with Gasteiger partial charge in [-0.15, -0.1) is 0 Å². The molecule has 0 fully saturated rings. The van der Waals surface area contributed by atoms with Crippen molar-refractivity contribution in [3.8, 4) is 0 Å². The summed E-state index contributed by atoms with van der Waals surface area (Å²) in [5, 5.41) is 0. The van der Waals surface area contributed by atoms with Gasteiger partial charge in [0.2, 0.25) is 0 Å². The van der Waals surface area contributed by atoms with E-state index in [1.807, 2.05) is 13.0 Å². The molecule has 0 bridgehead atoms. The number of allylic oxidation sites excluding steroid dienone is 1. The first-order valence-electron chi connectivity index (χ1n) is 4.28. The van der Waals surface area contributed by atoms with Gasteiger partial charge >= 0.3 is 0 Å². The van der Waals surface area contributed by atoms with Gasteiger partial charge in [-0.05, 0) is 31.0 Å². The van der Waals surface area contributed by atoms with Crippen molar-refractivity contribution in [3.05, 3.63) is 41.5 Å². The van der Waals surface area contributed by atoms with Crippen molar-refractivity contribution < 1.29 is 0 Å². The van der Waals surface area contributed by atoms with Gasteiger partial charge in [0.1, 0.15) is 0 Å². The molecule has 0 aliphatic rings. The first kappa shape index (κ1) is 9.01. The Labute approximate surface area is 73.9 Å². The van der Waals surface area contributed by atoms with Gasteiger partial charge in [0.15, 0.2) is 0 Å². The Morgan fingerprint density at radius 2 is 1.92 bits per heavy atom. The van der Waals surface area contributed by atoms with Crippen LogP contribution in [0.3, 0.4) is 0 Å². The van der Waals surface area contributed by atoms with Crippen LogP contribution in [0.2, 0.25) is 0 Å². The van der Waals surface area contributed by atoms with E-state index in [1.54, 1.807) is 0 Å². The number of rotatable bonds is 3. The van der Waals surface area contributed by atoms with Crippen LogP contribution >= 0.6 is 0 Å². The van der Waals surface area contributed by atoms with Crippen molar-refractivity contribution in [2.24, 2.45) is 5.73 Å². The van der Waals surface area contributed by atoms with E-state index in [1.165, 1.54) is 11.1 Å². The van der Waals surface area contributed by atoms with Gasteiger partial charge in [0.05, 0.1) is 0 Å². The van der Waals surface area contributed by atoms with E-state index >= 15 is 0 Å². The smallest absolute Gasteiger partial charge is 0.00367 e. The van der Waals surface area contributed by atoms with Crippen LogP contribution in [0.25, 0.3) is 6.08 Å². The zero-order valence-corrected chi connectivity index (χ0v) is 7.46. The third-order valence-electron chi connectivity index (χ3n) is 1.77. The third-order valence-corrected chi connectivity index (χ3v) is 1.77. The standard InChI is InChI=1S/C11H15N/c1-2-3-10-4-6-11(7-5-10)8-9-12/h2-7H,8-9,12H2,1H3/b3-2+. The Kier molecular flexibility index (Phi) is 3.55. The highest BCUT2D eigenvalue weighted by molar-refractivity contribution is 5.49. The van der Waals surface area contributed by atoms with Gasteiger partial charge in [-0.25, -0.2) is 0 Å². The lowest BCUT2D eigenvalue weighted by Gasteiger charge is -1.98. The normalized spacial score (nSPS) is 10.8. The lowest BCUT2D eigenvalue weighted by molar-refractivity contribution is 0.969. The fourth-order valence-electron chi connectivity index (χ4n) is 1.15. The van der Waals surface area contributed by atoms with Crippen LogP contribution in [-0.4, -0.2) is 6.54 Å². The van der Waals surface area contributed by atoms with Gasteiger partial charge in [-0.3, -0.25) is 0 Å². The van der Waals surface area contributed by atoms with Crippen LogP contribution in [0, 0.1) is 0 Å². The highest BCUT2D eigenvalue weighted by Gasteiger charge is 1.89. The van der Waals surface area contributed by atoms with Gasteiger partial charge in [-0.2, -0.15) is 0 Å². The van der Waals surface area contributed by atoms with E-state index in [0.29, 0.717) is 0 Å². The molecule has 1 aromatic rings. The Hall–Kier alpha value is -1.08. The molecule has 64 valence electrons. The van der Waals surface area contributed by atoms with Crippen molar-refractivity contribution in [1.82, 2.24) is 0 Å². The van der Waals surface area contributed by atoms with Gasteiger partial charge in [-0.1, -0.05) is 36.4 Å². The number of benzene rings is 1. The summed E-state index contributed by atoms with van der Waals surface area (Å²) >= 11 is 0. The second-order valence-electron chi connectivity index (χ2n) is 2.78. The largest absolute Gasteiger partial charge is 0.330 e. The summed E-state index contributed by atoms with van der Waals surface area (Å²) in [7, 11) is 0. The first-order chi connectivity index (χ1) is 5.86. The molecule has 0 saturated heterocycles. The summed E-state index contributed by atoms with van der Waals surface area (Å²) in [6.07, 6.45) is 5.10. The third kappa shape index (κ3) is 2.51. The molecule has 0 atom stereocenters. The average Bonchev–Trinajstić information content (AvgIpc) is 2.09. The predicted molar refractivity (Wildman–Crippen MR) is 53.9 cm³/mol. The molecule has 0 aliphatic heterocycles. The molecule has 0 saturated carbocycles. The molecule has 0 spiro atoms. The summed E-state index contributed by atoms with van der Waals surface area (Å²) in [5.41, 5.74) is 8.00. The first-order valence-corrected chi connectivity index (χ1v) is 4.28. The van der Waals surface area contributed by atoms with Crippen LogP contribution in [0.15, 0.2) is 30.3 Å². The lowest BCUT2D eigenvalue weighted by atomic mass is 10.1. The molecule has 12 heavy (non-hydrogen) atoms. The van der Waals surface area contributed by atoms with Crippen LogP contribution in [0.1, 0.15) is 18.1 Å². The predicted octanol–water partition coefficient (Wildman–Crippen LogP) is 2.22. The van der Waals surface area contributed by atoms with E-state index < -0.39 is 0 Å². The lowest BCUT2D eigenvalue weighted by Crippen LogP contribution is -2.02. The van der Waals surface area contributed by atoms with E-state index in [9.17, 15) is 0 Å². The SMILES string of the molecule is C/C=C/c1ccc(CCN)cc1. The van der Waals surface area contributed by atoms with Gasteiger partial charge in [0, 0.05) is 0 Å².